The van der Waals surface area contributed by atoms with E-state index in [4.69, 9.17) is 34.4 Å². The lowest BCUT2D eigenvalue weighted by Gasteiger charge is -2.28. The average Bonchev–Trinajstić information content (AvgIpc) is 2.57. The van der Waals surface area contributed by atoms with Gasteiger partial charge in [-0.15, -0.1) is 6.42 Å². The third kappa shape index (κ3) is 3.55. The van der Waals surface area contributed by atoms with Gasteiger partial charge in [0.1, 0.15) is 11.6 Å². The summed E-state index contributed by atoms with van der Waals surface area (Å²) in [6, 6.07) is 3.54. The zero-order valence-corrected chi connectivity index (χ0v) is 14.8. The Morgan fingerprint density at radius 3 is 2.37 bits per heavy atom. The molecule has 0 unspecified atom stereocenters. The maximum atomic E-state index is 14.6. The summed E-state index contributed by atoms with van der Waals surface area (Å²) in [4.78, 5) is 13.2. The highest BCUT2D eigenvalue weighted by atomic mass is 35.5. The second-order valence-corrected chi connectivity index (χ2v) is 6.40. The zero-order valence-electron chi connectivity index (χ0n) is 13.3. The fourth-order valence-electron chi connectivity index (χ4n) is 2.67. The normalized spacial score (nSPS) is 13.8. The number of nitrogens with zero attached hydrogens (tertiary/aromatic N) is 1. The second-order valence-electron chi connectivity index (χ2n) is 5.59. The Hall–Kier alpha value is -2.43. The van der Waals surface area contributed by atoms with E-state index in [0.717, 1.165) is 6.07 Å². The van der Waals surface area contributed by atoms with Gasteiger partial charge in [-0.1, -0.05) is 29.1 Å². The second kappa shape index (κ2) is 6.95. The van der Waals surface area contributed by atoms with Crippen LogP contribution >= 0.6 is 23.2 Å². The van der Waals surface area contributed by atoms with Crippen LogP contribution in [0.2, 0.25) is 10.0 Å². The van der Waals surface area contributed by atoms with Crippen LogP contribution < -0.4 is 9.64 Å². The lowest BCUT2D eigenvalue weighted by molar-refractivity contribution is -0.137. The summed E-state index contributed by atoms with van der Waals surface area (Å²) >= 11 is 11.9. The van der Waals surface area contributed by atoms with Crippen molar-refractivity contribution in [3.05, 3.63) is 45.7 Å². The monoisotopic (exact) mass is 417 g/mol. The first-order valence-corrected chi connectivity index (χ1v) is 8.16. The van der Waals surface area contributed by atoms with Crippen LogP contribution in [0.1, 0.15) is 5.56 Å². The number of terminal acetylenes is 1. The number of ether oxygens (including phenoxy) is 1. The van der Waals surface area contributed by atoms with Gasteiger partial charge in [0, 0.05) is 17.2 Å². The van der Waals surface area contributed by atoms with E-state index in [1.807, 2.05) is 0 Å². The van der Waals surface area contributed by atoms with Gasteiger partial charge in [-0.05, 0) is 18.2 Å². The molecule has 9 heteroatoms. The van der Waals surface area contributed by atoms with Crippen LogP contribution in [0.25, 0.3) is 11.1 Å². The molecule has 1 aliphatic rings. The largest absolute Gasteiger partial charge is 0.481 e. The van der Waals surface area contributed by atoms with Gasteiger partial charge in [-0.25, -0.2) is 4.39 Å². The quantitative estimate of drug-likeness (QED) is 0.497. The molecular formula is C18H9Cl2F4NO2. The summed E-state index contributed by atoms with van der Waals surface area (Å²) in [7, 11) is 0. The van der Waals surface area contributed by atoms with Gasteiger partial charge in [0.25, 0.3) is 5.91 Å². The molecule has 0 spiro atoms. The van der Waals surface area contributed by atoms with Crippen molar-refractivity contribution in [1.82, 2.24) is 0 Å². The molecule has 3 rings (SSSR count). The molecule has 1 amide bonds. The Morgan fingerprint density at radius 2 is 1.81 bits per heavy atom. The Balaban J connectivity index is 2.19. The van der Waals surface area contributed by atoms with Gasteiger partial charge in [0.2, 0.25) is 0 Å². The van der Waals surface area contributed by atoms with Crippen LogP contribution in [0.3, 0.4) is 0 Å². The molecule has 0 saturated heterocycles. The lowest BCUT2D eigenvalue weighted by Crippen LogP contribution is -2.39. The molecule has 0 saturated carbocycles. The van der Waals surface area contributed by atoms with Crippen molar-refractivity contribution >= 4 is 34.8 Å². The molecule has 140 valence electrons. The van der Waals surface area contributed by atoms with E-state index in [-0.39, 0.29) is 45.8 Å². The summed E-state index contributed by atoms with van der Waals surface area (Å²) in [5.41, 5.74) is -1.21. The third-order valence-corrected chi connectivity index (χ3v) is 4.48. The number of rotatable bonds is 2. The molecule has 0 radical (unpaired) electrons. The highest BCUT2D eigenvalue weighted by Crippen LogP contribution is 2.44. The molecule has 0 fully saturated rings. The van der Waals surface area contributed by atoms with E-state index < -0.39 is 23.5 Å². The molecule has 0 atom stereocenters. The summed E-state index contributed by atoms with van der Waals surface area (Å²) in [5, 5.41) is -0.777. The number of carbonyl (C=O) groups excluding carboxylic acids is 1. The van der Waals surface area contributed by atoms with Crippen molar-refractivity contribution in [2.75, 3.05) is 18.1 Å². The van der Waals surface area contributed by atoms with Crippen LogP contribution in [0, 0.1) is 18.2 Å². The third-order valence-electron chi connectivity index (χ3n) is 3.88. The lowest BCUT2D eigenvalue weighted by atomic mass is 10.0. The first-order chi connectivity index (χ1) is 12.6. The molecule has 0 aromatic heterocycles. The van der Waals surface area contributed by atoms with Crippen molar-refractivity contribution in [3.63, 3.8) is 0 Å². The van der Waals surface area contributed by atoms with Gasteiger partial charge >= 0.3 is 6.18 Å². The van der Waals surface area contributed by atoms with Crippen molar-refractivity contribution in [3.8, 4) is 29.2 Å². The van der Waals surface area contributed by atoms with Gasteiger partial charge in [0.05, 0.1) is 27.8 Å². The summed E-state index contributed by atoms with van der Waals surface area (Å²) in [5.74, 6) is 1.11. The minimum atomic E-state index is -4.66. The summed E-state index contributed by atoms with van der Waals surface area (Å²) in [6.07, 6.45) is 0.593. The first-order valence-electron chi connectivity index (χ1n) is 7.40. The SMILES string of the molecule is C#CCN1C(=O)COc2cc(F)c(-c3c(Cl)cc(C(F)(F)F)cc3Cl)cc21. The average molecular weight is 418 g/mol. The molecule has 0 aliphatic carbocycles. The van der Waals surface area contributed by atoms with E-state index >= 15 is 0 Å². The number of halogens is 6. The Morgan fingerprint density at radius 1 is 1.19 bits per heavy atom. The zero-order chi connectivity index (χ0) is 19.9. The van der Waals surface area contributed by atoms with Gasteiger partial charge < -0.3 is 4.74 Å². The molecule has 2 aromatic carbocycles. The number of fused-ring (bicyclic) bond motifs is 1. The number of amides is 1. The fraction of sp³-hybridized carbons (Fsp3) is 0.167. The van der Waals surface area contributed by atoms with Gasteiger partial charge in [0.15, 0.2) is 6.61 Å². The number of alkyl halides is 3. The Kier molecular flexibility index (Phi) is 4.98. The first kappa shape index (κ1) is 19.3. The maximum Gasteiger partial charge on any atom is 0.416 e. The minimum absolute atomic E-state index is 0.0743. The van der Waals surface area contributed by atoms with Crippen molar-refractivity contribution in [1.29, 1.82) is 0 Å². The van der Waals surface area contributed by atoms with E-state index in [9.17, 15) is 22.4 Å². The number of hydrogen-bond donors (Lipinski definition) is 0. The van der Waals surface area contributed by atoms with Crippen LogP contribution in [-0.2, 0) is 11.0 Å². The Bertz CT molecular complexity index is 960. The van der Waals surface area contributed by atoms with Crippen LogP contribution in [0.15, 0.2) is 24.3 Å². The number of carbonyl (C=O) groups is 1. The van der Waals surface area contributed by atoms with E-state index in [1.165, 1.54) is 11.0 Å². The number of hydrogen-bond acceptors (Lipinski definition) is 2. The fourth-order valence-corrected chi connectivity index (χ4v) is 3.36. The van der Waals surface area contributed by atoms with Crippen molar-refractivity contribution in [2.24, 2.45) is 0 Å². The molecular weight excluding hydrogens is 409 g/mol. The highest BCUT2D eigenvalue weighted by molar-refractivity contribution is 6.39. The van der Waals surface area contributed by atoms with Crippen molar-refractivity contribution < 1.29 is 27.1 Å². The van der Waals surface area contributed by atoms with Crippen molar-refractivity contribution in [2.45, 2.75) is 6.18 Å². The van der Waals surface area contributed by atoms with E-state index in [0.29, 0.717) is 12.1 Å². The Labute approximate surface area is 161 Å². The van der Waals surface area contributed by atoms with Gasteiger partial charge in [-0.2, -0.15) is 13.2 Å². The standard InChI is InChI=1S/C18H9Cl2F4NO2/c1-2-3-25-14-6-10(13(21)7-15(14)27-8-16(25)26)17-11(19)4-9(5-12(17)20)18(22,23)24/h1,4-7H,3,8H2. The molecule has 0 bridgehead atoms. The smallest absolute Gasteiger partial charge is 0.416 e. The predicted molar refractivity (Wildman–Crippen MR) is 93.5 cm³/mol. The van der Waals surface area contributed by atoms with E-state index in [1.54, 1.807) is 0 Å². The topological polar surface area (TPSA) is 29.5 Å². The van der Waals surface area contributed by atoms with Crippen LogP contribution in [-0.4, -0.2) is 19.1 Å². The van der Waals surface area contributed by atoms with Gasteiger partial charge in [-0.3, -0.25) is 9.69 Å². The maximum absolute atomic E-state index is 14.6. The number of benzene rings is 2. The molecule has 2 aromatic rings. The summed E-state index contributed by atoms with van der Waals surface area (Å²) in [6.45, 7) is -0.399. The molecule has 0 N–H and O–H groups in total. The molecule has 27 heavy (non-hydrogen) atoms. The molecule has 3 nitrogen and oxygen atoms in total. The van der Waals surface area contributed by atoms with Crippen LogP contribution in [0.5, 0.6) is 5.75 Å². The molecule has 1 heterocycles. The highest BCUT2D eigenvalue weighted by Gasteiger charge is 2.33. The van der Waals surface area contributed by atoms with E-state index in [2.05, 4.69) is 5.92 Å². The summed E-state index contributed by atoms with van der Waals surface area (Å²) < 4.78 is 58.5. The minimum Gasteiger partial charge on any atom is -0.481 e. The molecule has 1 aliphatic heterocycles. The number of anilines is 1. The van der Waals surface area contributed by atoms with Crippen LogP contribution in [0.4, 0.5) is 23.2 Å². The predicted octanol–water partition coefficient (Wildman–Crippen LogP) is 5.18.